The topological polar surface area (TPSA) is 179 Å². The SMILES string of the molecule is CCOC(=O)C(C(=O)OCC)C(=S)N[C@@H]1O[C@H](COC(C)=O)[C@@H](OC(C)=O)[C@H](OC(C)=O)[C@H]1OC(C)=O. The summed E-state index contributed by atoms with van der Waals surface area (Å²) in [4.78, 5) is 71.6. The smallest absolute Gasteiger partial charge is 0.327 e. The van der Waals surface area contributed by atoms with Gasteiger partial charge < -0.3 is 38.5 Å². The highest BCUT2D eigenvalue weighted by Gasteiger charge is 2.53. The third kappa shape index (κ3) is 9.92. The Bertz CT molecular complexity index is 874. The summed E-state index contributed by atoms with van der Waals surface area (Å²) in [5, 5.41) is 2.61. The number of ether oxygens (including phenoxy) is 7. The van der Waals surface area contributed by atoms with E-state index < -0.39 is 84.0 Å². The summed E-state index contributed by atoms with van der Waals surface area (Å²) in [7, 11) is 0. The molecule has 0 aromatic rings. The van der Waals surface area contributed by atoms with Crippen LogP contribution in [0.15, 0.2) is 0 Å². The molecule has 1 N–H and O–H groups in total. The van der Waals surface area contributed by atoms with Crippen LogP contribution >= 0.6 is 12.2 Å². The van der Waals surface area contributed by atoms with Gasteiger partial charge in [-0.3, -0.25) is 28.8 Å². The number of hydrogen-bond acceptors (Lipinski definition) is 14. The monoisotopic (exact) mass is 549 g/mol. The molecule has 1 aliphatic heterocycles. The van der Waals surface area contributed by atoms with Crippen LogP contribution in [0.5, 0.6) is 0 Å². The van der Waals surface area contributed by atoms with Crippen LogP contribution in [0.25, 0.3) is 0 Å². The lowest BCUT2D eigenvalue weighted by Crippen LogP contribution is -2.66. The maximum Gasteiger partial charge on any atom is 0.327 e. The molecule has 5 atom stereocenters. The van der Waals surface area contributed by atoms with Crippen LogP contribution in [0.1, 0.15) is 41.5 Å². The van der Waals surface area contributed by atoms with E-state index in [0.717, 1.165) is 27.7 Å². The van der Waals surface area contributed by atoms with Crippen LogP contribution in [0.3, 0.4) is 0 Å². The molecule has 0 bridgehead atoms. The number of nitrogens with one attached hydrogen (secondary N) is 1. The van der Waals surface area contributed by atoms with Gasteiger partial charge in [0.15, 0.2) is 24.5 Å². The second-order valence-corrected chi connectivity index (χ2v) is 8.01. The van der Waals surface area contributed by atoms with Crippen LogP contribution in [-0.2, 0) is 61.9 Å². The fraction of sp³-hybridized carbons (Fsp3) is 0.682. The maximum absolute atomic E-state index is 12.5. The van der Waals surface area contributed by atoms with Gasteiger partial charge in [-0.25, -0.2) is 0 Å². The Balaban J connectivity index is 3.48. The summed E-state index contributed by atoms with van der Waals surface area (Å²) < 4.78 is 36.6. The first-order valence-corrected chi connectivity index (χ1v) is 11.7. The minimum atomic E-state index is -1.71. The zero-order chi connectivity index (χ0) is 28.3. The number of thiocarbonyl (C=S) groups is 1. The van der Waals surface area contributed by atoms with Crippen molar-refractivity contribution < 1.29 is 61.9 Å². The molecule has 1 rings (SSSR count). The van der Waals surface area contributed by atoms with E-state index in [9.17, 15) is 28.8 Å². The predicted octanol–water partition coefficient (Wildman–Crippen LogP) is -0.271. The molecule has 0 amide bonds. The lowest BCUT2D eigenvalue weighted by Gasteiger charge is -2.44. The van der Waals surface area contributed by atoms with Gasteiger partial charge in [0.25, 0.3) is 0 Å². The van der Waals surface area contributed by atoms with Crippen molar-refractivity contribution in [2.24, 2.45) is 5.92 Å². The van der Waals surface area contributed by atoms with Crippen molar-refractivity contribution in [3.63, 3.8) is 0 Å². The fourth-order valence-corrected chi connectivity index (χ4v) is 3.64. The molecule has 0 aliphatic carbocycles. The Morgan fingerprint density at radius 2 is 1.19 bits per heavy atom. The molecule has 15 heteroatoms. The van der Waals surface area contributed by atoms with E-state index in [0.29, 0.717) is 0 Å². The Morgan fingerprint density at radius 3 is 1.62 bits per heavy atom. The number of esters is 6. The third-order valence-electron chi connectivity index (χ3n) is 4.58. The summed E-state index contributed by atoms with van der Waals surface area (Å²) in [6, 6.07) is 0. The summed E-state index contributed by atoms with van der Waals surface area (Å²) in [5.74, 6) is -6.89. The predicted molar refractivity (Wildman–Crippen MR) is 124 cm³/mol. The third-order valence-corrected chi connectivity index (χ3v) is 4.94. The van der Waals surface area contributed by atoms with E-state index in [1.54, 1.807) is 0 Å². The number of rotatable bonds is 11. The van der Waals surface area contributed by atoms with Gasteiger partial charge in [0, 0.05) is 27.7 Å². The standard InChI is InChI=1S/C22H31NO13S/c1-7-30-21(28)15(22(29)31-8-2)20(37)23-19-18(35-13(6)27)17(34-12(5)26)16(33-11(4)25)14(36-19)9-32-10(3)24/h14-19H,7-9H2,1-6H3,(H,23,37)/t14-,16-,17+,18-,19-/m1/s1. The van der Waals surface area contributed by atoms with Gasteiger partial charge in [0.05, 0.1) is 13.2 Å². The van der Waals surface area contributed by atoms with Gasteiger partial charge in [-0.15, -0.1) is 0 Å². The largest absolute Gasteiger partial charge is 0.465 e. The summed E-state index contributed by atoms with van der Waals surface area (Å²) in [6.45, 7) is 6.80. The molecular formula is C22H31NO13S. The first-order chi connectivity index (χ1) is 17.3. The summed E-state index contributed by atoms with van der Waals surface area (Å²) in [5.41, 5.74) is 0. The molecule has 1 heterocycles. The number of hydrogen-bond donors (Lipinski definition) is 1. The molecule has 0 radical (unpaired) electrons. The summed E-state index contributed by atoms with van der Waals surface area (Å²) in [6.07, 6.45) is -7.08. The first kappa shape index (κ1) is 31.7. The first-order valence-electron chi connectivity index (χ1n) is 11.3. The van der Waals surface area contributed by atoms with Gasteiger partial charge in [-0.05, 0) is 13.8 Å². The van der Waals surface area contributed by atoms with Crippen LogP contribution in [-0.4, -0.2) is 91.3 Å². The Morgan fingerprint density at radius 1 is 0.730 bits per heavy atom. The molecule has 1 saturated heterocycles. The molecule has 1 fully saturated rings. The molecule has 208 valence electrons. The van der Waals surface area contributed by atoms with Crippen LogP contribution < -0.4 is 5.32 Å². The van der Waals surface area contributed by atoms with Crippen molar-refractivity contribution in [2.75, 3.05) is 19.8 Å². The maximum atomic E-state index is 12.5. The lowest BCUT2D eigenvalue weighted by molar-refractivity contribution is -0.255. The normalized spacial score (nSPS) is 22.7. The van der Waals surface area contributed by atoms with Gasteiger partial charge in [-0.1, -0.05) is 12.2 Å². The molecular weight excluding hydrogens is 518 g/mol. The molecule has 14 nitrogen and oxygen atoms in total. The van der Waals surface area contributed by atoms with Gasteiger partial charge >= 0.3 is 35.8 Å². The molecule has 0 spiro atoms. The zero-order valence-corrected chi connectivity index (χ0v) is 22.1. The van der Waals surface area contributed by atoms with E-state index in [1.807, 2.05) is 0 Å². The Kier molecular flexibility index (Phi) is 12.9. The van der Waals surface area contributed by atoms with E-state index in [-0.39, 0.29) is 13.2 Å². The molecule has 0 unspecified atom stereocenters. The average Bonchev–Trinajstić information content (AvgIpc) is 2.76. The highest BCUT2D eigenvalue weighted by Crippen LogP contribution is 2.29. The minimum Gasteiger partial charge on any atom is -0.465 e. The van der Waals surface area contributed by atoms with E-state index in [1.165, 1.54) is 13.8 Å². The average molecular weight is 550 g/mol. The van der Waals surface area contributed by atoms with Gasteiger partial charge in [0.2, 0.25) is 5.92 Å². The molecule has 0 saturated carbocycles. The van der Waals surface area contributed by atoms with Crippen molar-refractivity contribution in [1.82, 2.24) is 5.32 Å². The summed E-state index contributed by atoms with van der Waals surface area (Å²) >= 11 is 5.26. The van der Waals surface area contributed by atoms with E-state index in [4.69, 9.17) is 45.4 Å². The zero-order valence-electron chi connectivity index (χ0n) is 21.3. The number of carbonyl (C=O) groups excluding carboxylic acids is 6. The van der Waals surface area contributed by atoms with Crippen LogP contribution in [0.2, 0.25) is 0 Å². The Labute approximate surface area is 218 Å². The highest BCUT2D eigenvalue weighted by atomic mass is 32.1. The van der Waals surface area contributed by atoms with Crippen molar-refractivity contribution in [3.05, 3.63) is 0 Å². The van der Waals surface area contributed by atoms with Gasteiger partial charge in [-0.2, -0.15) is 0 Å². The second-order valence-electron chi connectivity index (χ2n) is 7.57. The minimum absolute atomic E-state index is 0.0591. The van der Waals surface area contributed by atoms with E-state index in [2.05, 4.69) is 5.32 Å². The van der Waals surface area contributed by atoms with E-state index >= 15 is 0 Å². The van der Waals surface area contributed by atoms with Gasteiger partial charge in [0.1, 0.15) is 17.7 Å². The van der Waals surface area contributed by atoms with Crippen molar-refractivity contribution in [2.45, 2.75) is 72.2 Å². The van der Waals surface area contributed by atoms with Crippen molar-refractivity contribution >= 4 is 53.0 Å². The quantitative estimate of drug-likeness (QED) is 0.154. The molecule has 1 aliphatic rings. The lowest BCUT2D eigenvalue weighted by atomic mass is 9.96. The van der Waals surface area contributed by atoms with Crippen LogP contribution in [0.4, 0.5) is 0 Å². The Hall–Kier alpha value is -3.33. The fourth-order valence-electron chi connectivity index (χ4n) is 3.33. The highest BCUT2D eigenvalue weighted by molar-refractivity contribution is 7.80. The van der Waals surface area contributed by atoms with Crippen molar-refractivity contribution in [1.29, 1.82) is 0 Å². The second kappa shape index (κ2) is 15.0. The number of carbonyl (C=O) groups is 6. The van der Waals surface area contributed by atoms with Crippen molar-refractivity contribution in [3.8, 4) is 0 Å². The molecule has 0 aromatic heterocycles. The molecule has 0 aromatic carbocycles. The van der Waals surface area contributed by atoms with Crippen LogP contribution in [0, 0.1) is 5.92 Å². The molecule has 37 heavy (non-hydrogen) atoms.